The topological polar surface area (TPSA) is 75.6 Å². The number of nitrogens with one attached hydrogen (secondary N) is 1. The van der Waals surface area contributed by atoms with Crippen LogP contribution in [-0.2, 0) is 14.8 Å². The number of rotatable bonds is 5. The van der Waals surface area contributed by atoms with Crippen LogP contribution >= 0.6 is 23.2 Å². The van der Waals surface area contributed by atoms with E-state index in [0.717, 1.165) is 11.1 Å². The summed E-state index contributed by atoms with van der Waals surface area (Å²) in [6.07, 6.45) is 1.87. The third kappa shape index (κ3) is 4.46. The number of hydrogen-bond acceptors (Lipinski definition) is 4. The van der Waals surface area contributed by atoms with Crippen molar-refractivity contribution >= 4 is 44.8 Å². The van der Waals surface area contributed by atoms with Gasteiger partial charge < -0.3 is 0 Å². The number of nitrogens with zero attached hydrogens (tertiary/aromatic N) is 1. The minimum atomic E-state index is -4.12. The Balaban J connectivity index is 1.94. The summed E-state index contributed by atoms with van der Waals surface area (Å²) in [4.78, 5) is 17.1. The summed E-state index contributed by atoms with van der Waals surface area (Å²) in [6, 6.07) is 13.1. The van der Waals surface area contributed by atoms with Crippen molar-refractivity contribution in [2.75, 3.05) is 0 Å². The highest BCUT2D eigenvalue weighted by Gasteiger charge is 2.26. The number of halogens is 2. The standard InChI is InChI=1S/C20H18Cl2N2O3S/c1-2-13-10-11-17(14-6-5-7-15(21)12-14)23-19(13)20(25)24-28(26,27)18-9-4-3-8-16(18)22/h3-9,12H,2,10-11H2,1H3,(H,24,25). The lowest BCUT2D eigenvalue weighted by atomic mass is 9.96. The summed E-state index contributed by atoms with van der Waals surface area (Å²) >= 11 is 12.0. The molecular formula is C20H18Cl2N2O3S. The first kappa shape index (κ1) is 20.6. The molecule has 0 aliphatic carbocycles. The van der Waals surface area contributed by atoms with Crippen molar-refractivity contribution in [3.05, 3.63) is 75.4 Å². The summed E-state index contributed by atoms with van der Waals surface area (Å²) < 4.78 is 27.3. The molecule has 1 amide bonds. The second-order valence-electron chi connectivity index (χ2n) is 6.24. The van der Waals surface area contributed by atoms with Crippen LogP contribution in [0.4, 0.5) is 0 Å². The van der Waals surface area contributed by atoms with E-state index < -0.39 is 15.9 Å². The first-order chi connectivity index (χ1) is 13.3. The first-order valence-electron chi connectivity index (χ1n) is 8.69. The number of benzene rings is 2. The van der Waals surface area contributed by atoms with Crippen LogP contribution in [0.3, 0.4) is 0 Å². The van der Waals surface area contributed by atoms with E-state index in [2.05, 4.69) is 9.71 Å². The lowest BCUT2D eigenvalue weighted by molar-refractivity contribution is -0.115. The minimum Gasteiger partial charge on any atom is -0.266 e. The Hall–Kier alpha value is -2.15. The van der Waals surface area contributed by atoms with Crippen LogP contribution in [0.1, 0.15) is 31.7 Å². The number of carbonyl (C=O) groups excluding carboxylic acids is 1. The Morgan fingerprint density at radius 2 is 1.86 bits per heavy atom. The smallest absolute Gasteiger partial charge is 0.266 e. The maximum atomic E-state index is 12.8. The number of amides is 1. The molecule has 2 aromatic rings. The maximum Gasteiger partial charge on any atom is 0.283 e. The highest BCUT2D eigenvalue weighted by atomic mass is 35.5. The molecule has 0 saturated carbocycles. The zero-order chi connectivity index (χ0) is 20.3. The van der Waals surface area contributed by atoms with Gasteiger partial charge in [0, 0.05) is 10.7 Å². The zero-order valence-electron chi connectivity index (χ0n) is 15.1. The van der Waals surface area contributed by atoms with Crippen molar-refractivity contribution < 1.29 is 13.2 Å². The molecule has 0 radical (unpaired) electrons. The van der Waals surface area contributed by atoms with Crippen LogP contribution < -0.4 is 4.72 Å². The van der Waals surface area contributed by atoms with Crippen LogP contribution in [0.15, 0.2) is 69.7 Å². The third-order valence-corrected chi connectivity index (χ3v) is 6.46. The number of carbonyl (C=O) groups is 1. The lowest BCUT2D eigenvalue weighted by Gasteiger charge is -2.19. The van der Waals surface area contributed by atoms with Gasteiger partial charge in [-0.15, -0.1) is 0 Å². The number of hydrogen-bond donors (Lipinski definition) is 1. The van der Waals surface area contributed by atoms with E-state index in [-0.39, 0.29) is 15.6 Å². The summed E-state index contributed by atoms with van der Waals surface area (Å²) in [5.41, 5.74) is 2.43. The Kier molecular flexibility index (Phi) is 6.23. The van der Waals surface area contributed by atoms with Crippen molar-refractivity contribution in [1.82, 2.24) is 4.72 Å². The molecule has 0 atom stereocenters. The van der Waals surface area contributed by atoms with Crippen molar-refractivity contribution in [2.24, 2.45) is 4.99 Å². The van der Waals surface area contributed by atoms with Crippen LogP contribution in [0, 0.1) is 0 Å². The zero-order valence-corrected chi connectivity index (χ0v) is 17.4. The SMILES string of the molecule is CCC1=C(C(=O)NS(=O)(=O)c2ccccc2Cl)N=C(c2cccc(Cl)c2)CC1. The van der Waals surface area contributed by atoms with Gasteiger partial charge in [0.2, 0.25) is 0 Å². The van der Waals surface area contributed by atoms with Crippen LogP contribution in [0.25, 0.3) is 0 Å². The van der Waals surface area contributed by atoms with E-state index in [1.165, 1.54) is 18.2 Å². The van der Waals surface area contributed by atoms with Gasteiger partial charge in [-0.25, -0.2) is 18.1 Å². The fourth-order valence-corrected chi connectivity index (χ4v) is 4.64. The summed E-state index contributed by atoms with van der Waals surface area (Å²) in [7, 11) is -4.12. The molecule has 0 aromatic heterocycles. The van der Waals surface area contributed by atoms with E-state index in [0.29, 0.717) is 30.0 Å². The van der Waals surface area contributed by atoms with E-state index in [1.807, 2.05) is 13.0 Å². The summed E-state index contributed by atoms with van der Waals surface area (Å²) in [6.45, 7) is 1.91. The molecule has 146 valence electrons. The largest absolute Gasteiger partial charge is 0.283 e. The van der Waals surface area contributed by atoms with Gasteiger partial charge >= 0.3 is 0 Å². The first-order valence-corrected chi connectivity index (χ1v) is 10.9. The van der Waals surface area contributed by atoms with Crippen LogP contribution in [0.5, 0.6) is 0 Å². The van der Waals surface area contributed by atoms with E-state index in [1.54, 1.807) is 24.3 Å². The van der Waals surface area contributed by atoms with Gasteiger partial charge in [-0.05, 0) is 54.7 Å². The second kappa shape index (κ2) is 8.47. The molecule has 8 heteroatoms. The monoisotopic (exact) mass is 436 g/mol. The van der Waals surface area contributed by atoms with Gasteiger partial charge in [-0.1, -0.05) is 54.4 Å². The van der Waals surface area contributed by atoms with Gasteiger partial charge in [0.05, 0.1) is 5.02 Å². The van der Waals surface area contributed by atoms with Crippen LogP contribution in [0.2, 0.25) is 10.0 Å². The molecule has 0 saturated heterocycles. The molecule has 0 bridgehead atoms. The fraction of sp³-hybridized carbons (Fsp3) is 0.200. The van der Waals surface area contributed by atoms with Gasteiger partial charge in [0.1, 0.15) is 10.6 Å². The number of aliphatic imine (C=N–C) groups is 1. The van der Waals surface area contributed by atoms with Crippen molar-refractivity contribution in [2.45, 2.75) is 31.1 Å². The van der Waals surface area contributed by atoms with Gasteiger partial charge in [-0.2, -0.15) is 0 Å². The molecule has 1 heterocycles. The van der Waals surface area contributed by atoms with E-state index in [4.69, 9.17) is 23.2 Å². The summed E-state index contributed by atoms with van der Waals surface area (Å²) in [5, 5.41) is 0.608. The minimum absolute atomic E-state index is 0.0410. The Morgan fingerprint density at radius 1 is 1.11 bits per heavy atom. The highest BCUT2D eigenvalue weighted by Crippen LogP contribution is 2.27. The predicted octanol–water partition coefficient (Wildman–Crippen LogP) is 4.75. The average Bonchev–Trinajstić information content (AvgIpc) is 2.67. The molecule has 3 rings (SSSR count). The van der Waals surface area contributed by atoms with E-state index in [9.17, 15) is 13.2 Å². The highest BCUT2D eigenvalue weighted by molar-refractivity contribution is 7.90. The molecule has 0 unspecified atom stereocenters. The van der Waals surface area contributed by atoms with E-state index >= 15 is 0 Å². The van der Waals surface area contributed by atoms with Crippen LogP contribution in [-0.4, -0.2) is 20.0 Å². The fourth-order valence-electron chi connectivity index (χ4n) is 2.98. The van der Waals surface area contributed by atoms with Crippen molar-refractivity contribution in [3.8, 4) is 0 Å². The Morgan fingerprint density at radius 3 is 2.54 bits per heavy atom. The molecule has 0 fully saturated rings. The van der Waals surface area contributed by atoms with Gasteiger partial charge in [0.25, 0.3) is 15.9 Å². The molecule has 1 aliphatic rings. The third-order valence-electron chi connectivity index (χ3n) is 4.40. The molecule has 28 heavy (non-hydrogen) atoms. The molecular weight excluding hydrogens is 419 g/mol. The second-order valence-corrected chi connectivity index (χ2v) is 8.73. The number of sulfonamides is 1. The molecule has 5 nitrogen and oxygen atoms in total. The Labute approximate surface area is 174 Å². The average molecular weight is 437 g/mol. The van der Waals surface area contributed by atoms with Crippen molar-refractivity contribution in [3.63, 3.8) is 0 Å². The Bertz CT molecular complexity index is 1090. The molecule has 0 spiro atoms. The normalized spacial score (nSPS) is 14.6. The molecule has 1 aliphatic heterocycles. The van der Waals surface area contributed by atoms with Gasteiger partial charge in [0.15, 0.2) is 0 Å². The number of allylic oxidation sites excluding steroid dienone is 1. The quantitative estimate of drug-likeness (QED) is 0.734. The molecule has 2 aromatic carbocycles. The summed E-state index contributed by atoms with van der Waals surface area (Å²) in [5.74, 6) is -0.768. The molecule has 1 N–H and O–H groups in total. The predicted molar refractivity (Wildman–Crippen MR) is 111 cm³/mol. The lowest BCUT2D eigenvalue weighted by Crippen LogP contribution is -2.33. The maximum absolute atomic E-state index is 12.8. The van der Waals surface area contributed by atoms with Gasteiger partial charge in [-0.3, -0.25) is 4.79 Å². The van der Waals surface area contributed by atoms with Crippen molar-refractivity contribution in [1.29, 1.82) is 0 Å².